The lowest BCUT2D eigenvalue weighted by Gasteiger charge is -2.20. The number of carbonyl (C=O) groups is 1. The fourth-order valence-electron chi connectivity index (χ4n) is 3.47. The van der Waals surface area contributed by atoms with Gasteiger partial charge in [0.15, 0.2) is 11.2 Å². The van der Waals surface area contributed by atoms with E-state index in [1.807, 2.05) is 51.3 Å². The second kappa shape index (κ2) is 18.9. The summed E-state index contributed by atoms with van der Waals surface area (Å²) in [4.78, 5) is 24.3. The quantitative estimate of drug-likeness (QED) is 0.281. The first kappa shape index (κ1) is 33.8. The van der Waals surface area contributed by atoms with Gasteiger partial charge in [-0.2, -0.15) is 0 Å². The van der Waals surface area contributed by atoms with E-state index in [9.17, 15) is 9.59 Å². The summed E-state index contributed by atoms with van der Waals surface area (Å²) in [6.45, 7) is 27.1. The average Bonchev–Trinajstić information content (AvgIpc) is 3.67. The monoisotopic (exact) mass is 469 g/mol. The summed E-state index contributed by atoms with van der Waals surface area (Å²) < 4.78 is 2.04. The predicted octanol–water partition coefficient (Wildman–Crippen LogP) is 9.19. The lowest BCUT2D eigenvalue weighted by Crippen LogP contribution is -2.19. The zero-order valence-corrected chi connectivity index (χ0v) is 24.0. The number of allylic oxidation sites excluding steroid dienone is 7. The first-order valence-electron chi connectivity index (χ1n) is 13.2. The molecule has 192 valence electrons. The molecule has 0 spiro atoms. The minimum absolute atomic E-state index is 0.190. The van der Waals surface area contributed by atoms with E-state index in [1.165, 1.54) is 26.2 Å². The van der Waals surface area contributed by atoms with Crippen LogP contribution in [0.1, 0.15) is 118 Å². The second-order valence-electron chi connectivity index (χ2n) is 8.07. The number of ketones is 1. The highest BCUT2D eigenvalue weighted by molar-refractivity contribution is 5.94. The molecule has 34 heavy (non-hydrogen) atoms. The lowest BCUT2D eigenvalue weighted by atomic mass is 9.90. The highest BCUT2D eigenvalue weighted by atomic mass is 16.1. The zero-order valence-electron chi connectivity index (χ0n) is 24.0. The van der Waals surface area contributed by atoms with E-state index in [2.05, 4.69) is 47.3 Å². The van der Waals surface area contributed by atoms with Crippen molar-refractivity contribution in [3.63, 3.8) is 0 Å². The Balaban J connectivity index is 0. The Bertz CT molecular complexity index is 906. The van der Waals surface area contributed by atoms with Gasteiger partial charge in [0.05, 0.1) is 5.56 Å². The van der Waals surface area contributed by atoms with Crippen molar-refractivity contribution in [3.05, 3.63) is 75.3 Å². The van der Waals surface area contributed by atoms with E-state index in [1.54, 1.807) is 12.3 Å². The van der Waals surface area contributed by atoms with Crippen LogP contribution in [0.5, 0.6) is 0 Å². The number of aryl methyl sites for hydroxylation is 1. The van der Waals surface area contributed by atoms with Crippen LogP contribution in [0.3, 0.4) is 0 Å². The zero-order chi connectivity index (χ0) is 26.8. The van der Waals surface area contributed by atoms with Gasteiger partial charge in [-0.3, -0.25) is 9.59 Å². The topological polar surface area (TPSA) is 39.1 Å². The van der Waals surface area contributed by atoms with E-state index in [-0.39, 0.29) is 16.8 Å². The summed E-state index contributed by atoms with van der Waals surface area (Å²) in [6.07, 6.45) is 12.4. The molecule has 1 aliphatic rings. The minimum atomic E-state index is -0.212. The summed E-state index contributed by atoms with van der Waals surface area (Å²) in [7, 11) is 0. The molecule has 0 saturated heterocycles. The molecular formula is C31H51NO2. The van der Waals surface area contributed by atoms with Crippen molar-refractivity contribution in [3.8, 4) is 0 Å². The number of carbonyl (C=O) groups excluding carboxylic acids is 1. The Morgan fingerprint density at radius 1 is 1.09 bits per heavy atom. The molecule has 0 radical (unpaired) electrons. The van der Waals surface area contributed by atoms with Crippen molar-refractivity contribution in [2.24, 2.45) is 5.92 Å². The van der Waals surface area contributed by atoms with Gasteiger partial charge in [-0.25, -0.2) is 0 Å². The summed E-state index contributed by atoms with van der Waals surface area (Å²) in [6, 6.07) is 1.62. The maximum absolute atomic E-state index is 12.5. The summed E-state index contributed by atoms with van der Waals surface area (Å²) in [5.41, 5.74) is 5.39. The van der Waals surface area contributed by atoms with Gasteiger partial charge in [-0.1, -0.05) is 79.7 Å². The molecule has 3 heteroatoms. The van der Waals surface area contributed by atoms with Crippen LogP contribution in [0.25, 0.3) is 5.57 Å². The highest BCUT2D eigenvalue weighted by Gasteiger charge is 2.28. The normalized spacial score (nSPS) is 13.4. The smallest absolute Gasteiger partial charge is 0.192 e. The van der Waals surface area contributed by atoms with Gasteiger partial charge < -0.3 is 4.57 Å². The summed E-state index contributed by atoms with van der Waals surface area (Å²) in [5.74, 6) is 0.344. The van der Waals surface area contributed by atoms with Crippen LogP contribution in [0, 0.1) is 5.92 Å². The molecule has 0 N–H and O–H groups in total. The SMILES string of the molecule is C=C(C(=C(\C)c1cc(=O)c(C(C)=O)cn1CCC)/C(C)=C/C=C\C)C1CC1.CC.CC.CCC. The molecule has 1 saturated carbocycles. The molecule has 2 rings (SSSR count). The van der Waals surface area contributed by atoms with Crippen LogP contribution in [-0.4, -0.2) is 10.4 Å². The van der Waals surface area contributed by atoms with E-state index >= 15 is 0 Å². The Morgan fingerprint density at radius 2 is 1.62 bits per heavy atom. The molecule has 3 nitrogen and oxygen atoms in total. The van der Waals surface area contributed by atoms with Gasteiger partial charge in [0, 0.05) is 24.5 Å². The third kappa shape index (κ3) is 10.7. The fourth-order valence-corrected chi connectivity index (χ4v) is 3.47. The van der Waals surface area contributed by atoms with Gasteiger partial charge in [-0.15, -0.1) is 0 Å². The standard InChI is InChI=1S/C24H31NO2.C3H8.2C2H6/c1-7-9-10-16(3)24(17(4)20-11-12-20)18(5)22-14-23(27)21(19(6)26)15-25(22)13-8-2;1-3-2;2*1-2/h7,9-10,14-15,20H,4,8,11-13H2,1-3,5-6H3;3H2,1-2H3;2*1-2H3/b9-7-,16-10+,24-18+;;;. The molecule has 0 aromatic carbocycles. The van der Waals surface area contributed by atoms with Crippen LogP contribution in [-0.2, 0) is 6.54 Å². The van der Waals surface area contributed by atoms with Crippen LogP contribution in [0.2, 0.25) is 0 Å². The van der Waals surface area contributed by atoms with Crippen molar-refractivity contribution in [2.75, 3.05) is 0 Å². The average molecular weight is 470 g/mol. The van der Waals surface area contributed by atoms with Crippen molar-refractivity contribution in [1.82, 2.24) is 4.57 Å². The molecule has 0 bridgehead atoms. The molecule has 1 heterocycles. The molecule has 1 aromatic rings. The predicted molar refractivity (Wildman–Crippen MR) is 153 cm³/mol. The first-order chi connectivity index (χ1) is 16.2. The number of rotatable bonds is 8. The van der Waals surface area contributed by atoms with Gasteiger partial charge >= 0.3 is 0 Å². The van der Waals surface area contributed by atoms with Crippen LogP contribution >= 0.6 is 0 Å². The summed E-state index contributed by atoms with van der Waals surface area (Å²) >= 11 is 0. The Kier molecular flexibility index (Phi) is 18.8. The molecule has 1 aromatic heterocycles. The third-order valence-corrected chi connectivity index (χ3v) is 5.05. The van der Waals surface area contributed by atoms with Crippen LogP contribution in [0.4, 0.5) is 0 Å². The fraction of sp³-hybridized carbons (Fsp3) is 0.548. The van der Waals surface area contributed by atoms with Crippen molar-refractivity contribution in [2.45, 2.75) is 108 Å². The van der Waals surface area contributed by atoms with Crippen LogP contribution < -0.4 is 5.43 Å². The molecule has 1 fully saturated rings. The van der Waals surface area contributed by atoms with E-state index < -0.39 is 0 Å². The molecular weight excluding hydrogens is 418 g/mol. The van der Waals surface area contributed by atoms with Crippen molar-refractivity contribution < 1.29 is 4.79 Å². The summed E-state index contributed by atoms with van der Waals surface area (Å²) in [5, 5.41) is 0. The van der Waals surface area contributed by atoms with E-state index in [4.69, 9.17) is 0 Å². The number of aromatic nitrogens is 1. The molecule has 1 aliphatic carbocycles. The van der Waals surface area contributed by atoms with Gasteiger partial charge in [-0.05, 0) is 75.2 Å². The largest absolute Gasteiger partial charge is 0.347 e. The Labute approximate surface area is 210 Å². The molecule has 0 aliphatic heterocycles. The van der Waals surface area contributed by atoms with Crippen LogP contribution in [0.15, 0.2) is 58.6 Å². The number of hydrogen-bond donors (Lipinski definition) is 0. The number of hydrogen-bond acceptors (Lipinski definition) is 2. The van der Waals surface area contributed by atoms with Gasteiger partial charge in [0.2, 0.25) is 0 Å². The minimum Gasteiger partial charge on any atom is -0.347 e. The number of Topliss-reactive ketones (excluding diaryl/α,β-unsaturated/α-hetero) is 1. The Hall–Kier alpha value is -2.42. The maximum atomic E-state index is 12.5. The van der Waals surface area contributed by atoms with Crippen molar-refractivity contribution in [1.29, 1.82) is 0 Å². The Morgan fingerprint density at radius 3 is 2.03 bits per heavy atom. The molecule has 0 atom stereocenters. The van der Waals surface area contributed by atoms with Crippen molar-refractivity contribution >= 4 is 11.4 Å². The highest BCUT2D eigenvalue weighted by Crippen LogP contribution is 2.43. The second-order valence-corrected chi connectivity index (χ2v) is 8.07. The van der Waals surface area contributed by atoms with Gasteiger partial charge in [0.1, 0.15) is 0 Å². The lowest BCUT2D eigenvalue weighted by molar-refractivity contribution is 0.101. The maximum Gasteiger partial charge on any atom is 0.192 e. The molecule has 0 amide bonds. The number of nitrogens with zero attached hydrogens (tertiary/aromatic N) is 1. The van der Waals surface area contributed by atoms with E-state index in [0.717, 1.165) is 41.0 Å². The first-order valence-corrected chi connectivity index (χ1v) is 13.2. The van der Waals surface area contributed by atoms with Gasteiger partial charge in [0.25, 0.3) is 0 Å². The molecule has 0 unspecified atom stereocenters. The van der Waals surface area contributed by atoms with E-state index in [0.29, 0.717) is 5.92 Å². The number of pyridine rings is 1. The third-order valence-electron chi connectivity index (χ3n) is 5.05.